The van der Waals surface area contributed by atoms with Crippen molar-refractivity contribution < 1.29 is 9.32 Å². The number of aryl methyl sites for hydroxylation is 1. The SMILES string of the molecule is Cc1cc(C(=O)Nc2cccc(-c3cn4ccsc4n3)c2)no1. The molecule has 0 atom stereocenters. The smallest absolute Gasteiger partial charge is 0.277 e. The standard InChI is InChI=1S/C16H12N4O2S/c1-10-7-13(19-22-10)15(21)17-12-4-2-3-11(8-12)14-9-20-5-6-23-16(20)18-14/h2-9H,1H3,(H,17,21). The number of nitrogens with zero attached hydrogens (tertiary/aromatic N) is 3. The van der Waals surface area contributed by atoms with Crippen LogP contribution in [-0.4, -0.2) is 20.4 Å². The zero-order chi connectivity index (χ0) is 15.8. The molecule has 0 saturated carbocycles. The number of thiazole rings is 1. The van der Waals surface area contributed by atoms with Gasteiger partial charge in [-0.2, -0.15) is 0 Å². The molecule has 1 aromatic carbocycles. The third kappa shape index (κ3) is 2.62. The van der Waals surface area contributed by atoms with Crippen molar-refractivity contribution in [3.05, 3.63) is 59.6 Å². The fourth-order valence-corrected chi connectivity index (χ4v) is 2.99. The fraction of sp³-hybridized carbons (Fsp3) is 0.0625. The van der Waals surface area contributed by atoms with Crippen LogP contribution in [0.1, 0.15) is 16.2 Å². The van der Waals surface area contributed by atoms with Crippen LogP contribution in [0.5, 0.6) is 0 Å². The number of amides is 1. The van der Waals surface area contributed by atoms with E-state index in [1.54, 1.807) is 24.3 Å². The first kappa shape index (κ1) is 13.7. The number of imidazole rings is 1. The molecule has 0 saturated heterocycles. The molecule has 4 aromatic rings. The molecule has 0 aliphatic carbocycles. The van der Waals surface area contributed by atoms with E-state index in [0.29, 0.717) is 11.4 Å². The van der Waals surface area contributed by atoms with Crippen molar-refractivity contribution in [1.82, 2.24) is 14.5 Å². The summed E-state index contributed by atoms with van der Waals surface area (Å²) in [4.78, 5) is 17.6. The third-order valence-corrected chi connectivity index (χ3v) is 4.14. The summed E-state index contributed by atoms with van der Waals surface area (Å²) in [6.07, 6.45) is 3.93. The number of hydrogen-bond donors (Lipinski definition) is 1. The van der Waals surface area contributed by atoms with Crippen molar-refractivity contribution in [3.8, 4) is 11.3 Å². The lowest BCUT2D eigenvalue weighted by Gasteiger charge is -2.04. The minimum atomic E-state index is -0.301. The first-order valence-corrected chi connectivity index (χ1v) is 7.84. The number of benzene rings is 1. The summed E-state index contributed by atoms with van der Waals surface area (Å²) in [7, 11) is 0. The van der Waals surface area contributed by atoms with Crippen LogP contribution in [0.4, 0.5) is 5.69 Å². The molecule has 7 heteroatoms. The third-order valence-electron chi connectivity index (χ3n) is 3.37. The lowest BCUT2D eigenvalue weighted by atomic mass is 10.1. The van der Waals surface area contributed by atoms with Crippen molar-refractivity contribution in [1.29, 1.82) is 0 Å². The van der Waals surface area contributed by atoms with Crippen LogP contribution in [-0.2, 0) is 0 Å². The Labute approximate surface area is 135 Å². The predicted molar refractivity (Wildman–Crippen MR) is 87.7 cm³/mol. The minimum absolute atomic E-state index is 0.260. The first-order chi connectivity index (χ1) is 11.2. The zero-order valence-electron chi connectivity index (χ0n) is 12.2. The van der Waals surface area contributed by atoms with Crippen LogP contribution in [0.3, 0.4) is 0 Å². The van der Waals surface area contributed by atoms with Gasteiger partial charge in [0.25, 0.3) is 5.91 Å². The molecular formula is C16H12N4O2S. The molecular weight excluding hydrogens is 312 g/mol. The summed E-state index contributed by atoms with van der Waals surface area (Å²) < 4.78 is 6.89. The van der Waals surface area contributed by atoms with Crippen molar-refractivity contribution in [2.75, 3.05) is 5.32 Å². The van der Waals surface area contributed by atoms with Gasteiger partial charge in [-0.05, 0) is 19.1 Å². The number of carbonyl (C=O) groups excluding carboxylic acids is 1. The van der Waals surface area contributed by atoms with Gasteiger partial charge >= 0.3 is 0 Å². The Bertz CT molecular complexity index is 970. The van der Waals surface area contributed by atoms with Crippen molar-refractivity contribution >= 4 is 27.9 Å². The predicted octanol–water partition coefficient (Wildman–Crippen LogP) is 3.61. The highest BCUT2D eigenvalue weighted by Gasteiger charge is 2.12. The number of rotatable bonds is 3. The Hall–Kier alpha value is -2.93. The quantitative estimate of drug-likeness (QED) is 0.625. The second-order valence-corrected chi connectivity index (χ2v) is 5.95. The highest BCUT2D eigenvalue weighted by molar-refractivity contribution is 7.15. The summed E-state index contributed by atoms with van der Waals surface area (Å²) in [5.41, 5.74) is 2.75. The van der Waals surface area contributed by atoms with Gasteiger partial charge in [0.05, 0.1) is 5.69 Å². The number of hydrogen-bond acceptors (Lipinski definition) is 5. The fourth-order valence-electron chi connectivity index (χ4n) is 2.29. The average Bonchev–Trinajstić information content (AvgIpc) is 3.22. The zero-order valence-corrected chi connectivity index (χ0v) is 13.0. The lowest BCUT2D eigenvalue weighted by molar-refractivity contribution is 0.101. The van der Waals surface area contributed by atoms with Gasteiger partial charge in [0.15, 0.2) is 10.7 Å². The van der Waals surface area contributed by atoms with Crippen LogP contribution in [0.25, 0.3) is 16.2 Å². The summed E-state index contributed by atoms with van der Waals surface area (Å²) >= 11 is 1.58. The van der Waals surface area contributed by atoms with E-state index in [0.717, 1.165) is 16.2 Å². The Morgan fingerprint density at radius 3 is 3.04 bits per heavy atom. The van der Waals surface area contributed by atoms with Gasteiger partial charge in [0.2, 0.25) is 0 Å². The minimum Gasteiger partial charge on any atom is -0.361 e. The Morgan fingerprint density at radius 2 is 2.26 bits per heavy atom. The Kier molecular flexibility index (Phi) is 3.20. The Balaban J connectivity index is 1.61. The second-order valence-electron chi connectivity index (χ2n) is 5.08. The van der Waals surface area contributed by atoms with Crippen molar-refractivity contribution in [3.63, 3.8) is 0 Å². The molecule has 0 aliphatic heterocycles. The second kappa shape index (κ2) is 5.36. The van der Waals surface area contributed by atoms with Gasteiger partial charge in [-0.25, -0.2) is 4.98 Å². The van der Waals surface area contributed by atoms with E-state index in [1.807, 2.05) is 46.4 Å². The van der Waals surface area contributed by atoms with E-state index in [1.165, 1.54) is 0 Å². The van der Waals surface area contributed by atoms with E-state index in [4.69, 9.17) is 4.52 Å². The van der Waals surface area contributed by atoms with Gasteiger partial charge in [-0.3, -0.25) is 9.20 Å². The van der Waals surface area contributed by atoms with Crippen LogP contribution >= 0.6 is 11.3 Å². The molecule has 6 nitrogen and oxygen atoms in total. The largest absolute Gasteiger partial charge is 0.361 e. The molecule has 0 radical (unpaired) electrons. The van der Waals surface area contributed by atoms with Gasteiger partial charge in [0.1, 0.15) is 5.76 Å². The molecule has 0 unspecified atom stereocenters. The van der Waals surface area contributed by atoms with E-state index in [9.17, 15) is 4.79 Å². The lowest BCUT2D eigenvalue weighted by Crippen LogP contribution is -2.12. The summed E-state index contributed by atoms with van der Waals surface area (Å²) in [6, 6.07) is 9.15. The molecule has 114 valence electrons. The summed E-state index contributed by atoms with van der Waals surface area (Å²) in [5, 5.41) is 8.52. The monoisotopic (exact) mass is 324 g/mol. The van der Waals surface area contributed by atoms with Gasteiger partial charge < -0.3 is 9.84 Å². The number of fused-ring (bicyclic) bond motifs is 1. The maximum Gasteiger partial charge on any atom is 0.277 e. The number of carbonyl (C=O) groups is 1. The maximum atomic E-state index is 12.1. The van der Waals surface area contributed by atoms with E-state index in [-0.39, 0.29) is 11.6 Å². The number of nitrogens with one attached hydrogen (secondary N) is 1. The molecule has 0 aliphatic rings. The maximum absolute atomic E-state index is 12.1. The highest BCUT2D eigenvalue weighted by Crippen LogP contribution is 2.24. The summed E-state index contributed by atoms with van der Waals surface area (Å²) in [5.74, 6) is 0.298. The van der Waals surface area contributed by atoms with Gasteiger partial charge in [0, 0.05) is 35.1 Å². The molecule has 0 spiro atoms. The molecule has 3 heterocycles. The Morgan fingerprint density at radius 1 is 1.35 bits per heavy atom. The van der Waals surface area contributed by atoms with Crippen LogP contribution in [0, 0.1) is 6.92 Å². The number of anilines is 1. The van der Waals surface area contributed by atoms with E-state index >= 15 is 0 Å². The van der Waals surface area contributed by atoms with Gasteiger partial charge in [-0.15, -0.1) is 11.3 Å². The van der Waals surface area contributed by atoms with Crippen LogP contribution in [0.2, 0.25) is 0 Å². The molecule has 1 amide bonds. The van der Waals surface area contributed by atoms with Crippen molar-refractivity contribution in [2.45, 2.75) is 6.92 Å². The molecule has 4 rings (SSSR count). The molecule has 3 aromatic heterocycles. The highest BCUT2D eigenvalue weighted by atomic mass is 32.1. The van der Waals surface area contributed by atoms with Crippen LogP contribution < -0.4 is 5.32 Å². The van der Waals surface area contributed by atoms with Gasteiger partial charge in [-0.1, -0.05) is 17.3 Å². The number of aromatic nitrogens is 3. The molecule has 0 fully saturated rings. The molecule has 23 heavy (non-hydrogen) atoms. The van der Waals surface area contributed by atoms with E-state index < -0.39 is 0 Å². The molecule has 0 bridgehead atoms. The normalized spacial score (nSPS) is 11.0. The summed E-state index contributed by atoms with van der Waals surface area (Å²) in [6.45, 7) is 1.74. The topological polar surface area (TPSA) is 72.4 Å². The average molecular weight is 324 g/mol. The first-order valence-electron chi connectivity index (χ1n) is 6.96. The molecule has 1 N–H and O–H groups in total. The van der Waals surface area contributed by atoms with E-state index in [2.05, 4.69) is 15.5 Å². The van der Waals surface area contributed by atoms with Crippen LogP contribution in [0.15, 0.2) is 52.6 Å². The van der Waals surface area contributed by atoms with Crippen molar-refractivity contribution in [2.24, 2.45) is 0 Å².